The maximum absolute atomic E-state index is 13.3. The Morgan fingerprint density at radius 1 is 1.24 bits per heavy atom. The third-order valence-corrected chi connectivity index (χ3v) is 3.97. The van der Waals surface area contributed by atoms with Crippen LogP contribution in [0.25, 0.3) is 0 Å². The normalized spacial score (nSPS) is 18.1. The molecule has 0 aromatic heterocycles. The van der Waals surface area contributed by atoms with E-state index in [1.165, 1.54) is 11.6 Å². The molecule has 2 nitrogen and oxygen atoms in total. The van der Waals surface area contributed by atoms with Gasteiger partial charge in [-0.15, -0.1) is 0 Å². The largest absolute Gasteiger partial charge is 0.488 e. The van der Waals surface area contributed by atoms with E-state index in [2.05, 4.69) is 18.3 Å². The van der Waals surface area contributed by atoms with Crippen LogP contribution in [0.4, 0.5) is 4.39 Å². The number of fused-ring (bicyclic) bond motifs is 1. The van der Waals surface area contributed by atoms with Gasteiger partial charge in [0.2, 0.25) is 0 Å². The Hall–Kier alpha value is -1.87. The summed E-state index contributed by atoms with van der Waals surface area (Å²) in [5.41, 5.74) is 2.26. The smallest absolute Gasteiger partial charge is 0.123 e. The Kier molecular flexibility index (Phi) is 4.20. The van der Waals surface area contributed by atoms with Crippen LogP contribution in [0.15, 0.2) is 48.5 Å². The van der Waals surface area contributed by atoms with E-state index in [0.29, 0.717) is 0 Å². The Balaban J connectivity index is 1.60. The number of hydrogen-bond donors (Lipinski definition) is 1. The number of nitrogens with one attached hydrogen (secondary N) is 1. The van der Waals surface area contributed by atoms with Gasteiger partial charge < -0.3 is 10.1 Å². The highest BCUT2D eigenvalue weighted by molar-refractivity contribution is 5.37. The maximum atomic E-state index is 13.3. The minimum absolute atomic E-state index is 0.157. The highest BCUT2D eigenvalue weighted by atomic mass is 19.1. The fraction of sp³-hybridized carbons (Fsp3) is 0.333. The van der Waals surface area contributed by atoms with E-state index < -0.39 is 0 Å². The highest BCUT2D eigenvalue weighted by Gasteiger charge is 2.23. The Morgan fingerprint density at radius 2 is 2.10 bits per heavy atom. The molecular weight excluding hydrogens is 265 g/mol. The molecule has 0 amide bonds. The second-order valence-electron chi connectivity index (χ2n) is 5.48. The van der Waals surface area contributed by atoms with E-state index in [0.717, 1.165) is 30.7 Å². The van der Waals surface area contributed by atoms with Crippen LogP contribution < -0.4 is 10.1 Å². The zero-order chi connectivity index (χ0) is 14.7. The van der Waals surface area contributed by atoms with Crippen LogP contribution in [-0.2, 0) is 6.42 Å². The molecule has 0 bridgehead atoms. The van der Waals surface area contributed by atoms with Gasteiger partial charge in [-0.3, -0.25) is 0 Å². The molecule has 0 aliphatic carbocycles. The molecule has 0 spiro atoms. The van der Waals surface area contributed by atoms with E-state index in [-0.39, 0.29) is 18.0 Å². The molecule has 1 heterocycles. The minimum atomic E-state index is -0.183. The summed E-state index contributed by atoms with van der Waals surface area (Å²) in [6.07, 6.45) is 2.01. The minimum Gasteiger partial charge on any atom is -0.488 e. The molecule has 1 N–H and O–H groups in total. The third-order valence-electron chi connectivity index (χ3n) is 3.97. The second kappa shape index (κ2) is 6.27. The highest BCUT2D eigenvalue weighted by Crippen LogP contribution is 2.28. The first-order valence-corrected chi connectivity index (χ1v) is 7.49. The summed E-state index contributed by atoms with van der Waals surface area (Å²) in [6.45, 7) is 2.87. The third kappa shape index (κ3) is 3.24. The van der Waals surface area contributed by atoms with Crippen LogP contribution in [0.5, 0.6) is 5.75 Å². The van der Waals surface area contributed by atoms with Gasteiger partial charge in [0.15, 0.2) is 0 Å². The average molecular weight is 285 g/mol. The van der Waals surface area contributed by atoms with Crippen LogP contribution >= 0.6 is 0 Å². The van der Waals surface area contributed by atoms with Crippen LogP contribution in [0, 0.1) is 5.82 Å². The molecule has 2 aromatic rings. The van der Waals surface area contributed by atoms with E-state index >= 15 is 0 Å². The molecule has 0 saturated heterocycles. The van der Waals surface area contributed by atoms with Crippen molar-refractivity contribution in [3.63, 3.8) is 0 Å². The maximum Gasteiger partial charge on any atom is 0.123 e. The van der Waals surface area contributed by atoms with Crippen molar-refractivity contribution in [3.05, 3.63) is 65.5 Å². The van der Waals surface area contributed by atoms with Gasteiger partial charge in [-0.25, -0.2) is 4.39 Å². The van der Waals surface area contributed by atoms with Crippen molar-refractivity contribution in [1.29, 1.82) is 0 Å². The molecule has 3 rings (SSSR count). The molecule has 1 aliphatic rings. The number of benzene rings is 2. The number of ether oxygens (including phenoxy) is 1. The molecule has 0 fully saturated rings. The Bertz CT molecular complexity index is 589. The van der Waals surface area contributed by atoms with Crippen molar-refractivity contribution in [3.8, 4) is 5.75 Å². The van der Waals surface area contributed by atoms with Crippen molar-refractivity contribution in [1.82, 2.24) is 5.32 Å². The zero-order valence-electron chi connectivity index (χ0n) is 12.2. The molecule has 1 aliphatic heterocycles. The van der Waals surface area contributed by atoms with E-state index in [9.17, 15) is 4.39 Å². The van der Waals surface area contributed by atoms with E-state index in [1.807, 2.05) is 24.3 Å². The van der Waals surface area contributed by atoms with Gasteiger partial charge in [0.05, 0.1) is 0 Å². The van der Waals surface area contributed by atoms with Crippen LogP contribution in [0.1, 0.15) is 30.5 Å². The molecule has 2 aromatic carbocycles. The van der Waals surface area contributed by atoms with Gasteiger partial charge >= 0.3 is 0 Å². The standard InChI is InChI=1S/C18H20FNO/c1-2-17(13-7-5-8-15(19)10-13)20-12-16-11-14-6-3-4-9-18(14)21-16/h3-10,16-17,20H,2,11-12H2,1H3. The lowest BCUT2D eigenvalue weighted by molar-refractivity contribution is 0.220. The molecule has 0 radical (unpaired) electrons. The lowest BCUT2D eigenvalue weighted by Gasteiger charge is -2.20. The van der Waals surface area contributed by atoms with Crippen molar-refractivity contribution in [2.45, 2.75) is 31.9 Å². The van der Waals surface area contributed by atoms with Gasteiger partial charge in [0.1, 0.15) is 17.7 Å². The average Bonchev–Trinajstić information content (AvgIpc) is 2.91. The van der Waals surface area contributed by atoms with Crippen LogP contribution in [-0.4, -0.2) is 12.6 Å². The van der Waals surface area contributed by atoms with Gasteiger partial charge in [-0.05, 0) is 35.7 Å². The van der Waals surface area contributed by atoms with E-state index in [4.69, 9.17) is 4.74 Å². The fourth-order valence-corrected chi connectivity index (χ4v) is 2.86. The molecule has 21 heavy (non-hydrogen) atoms. The number of hydrogen-bond acceptors (Lipinski definition) is 2. The van der Waals surface area contributed by atoms with Crippen molar-refractivity contribution in [2.75, 3.05) is 6.54 Å². The predicted octanol–water partition coefficient (Wildman–Crippen LogP) is 3.87. The first-order chi connectivity index (χ1) is 10.3. The molecule has 110 valence electrons. The number of para-hydroxylation sites is 1. The Labute approximate surface area is 125 Å². The SMILES string of the molecule is CCC(NCC1Cc2ccccc2O1)c1cccc(F)c1. The second-order valence-corrected chi connectivity index (χ2v) is 5.48. The molecular formula is C18H20FNO. The zero-order valence-corrected chi connectivity index (χ0v) is 12.2. The summed E-state index contributed by atoms with van der Waals surface area (Å²) >= 11 is 0. The van der Waals surface area contributed by atoms with Gasteiger partial charge in [-0.1, -0.05) is 37.3 Å². The van der Waals surface area contributed by atoms with Gasteiger partial charge in [0.25, 0.3) is 0 Å². The monoisotopic (exact) mass is 285 g/mol. The molecule has 2 atom stereocenters. The van der Waals surface area contributed by atoms with E-state index in [1.54, 1.807) is 12.1 Å². The topological polar surface area (TPSA) is 21.3 Å². The van der Waals surface area contributed by atoms with Crippen LogP contribution in [0.2, 0.25) is 0 Å². The quantitative estimate of drug-likeness (QED) is 0.900. The molecule has 2 unspecified atom stereocenters. The van der Waals surface area contributed by atoms with Crippen molar-refractivity contribution < 1.29 is 9.13 Å². The van der Waals surface area contributed by atoms with Crippen molar-refractivity contribution in [2.24, 2.45) is 0 Å². The molecule has 0 saturated carbocycles. The number of halogens is 1. The summed E-state index contributed by atoms with van der Waals surface area (Å²) in [4.78, 5) is 0. The predicted molar refractivity (Wildman–Crippen MR) is 82.0 cm³/mol. The fourth-order valence-electron chi connectivity index (χ4n) is 2.86. The van der Waals surface area contributed by atoms with Crippen LogP contribution in [0.3, 0.4) is 0 Å². The number of rotatable bonds is 5. The first kappa shape index (κ1) is 14.1. The molecule has 3 heteroatoms. The summed E-state index contributed by atoms with van der Waals surface area (Å²) in [5, 5.41) is 3.50. The van der Waals surface area contributed by atoms with Gasteiger partial charge in [0, 0.05) is 19.0 Å². The summed E-state index contributed by atoms with van der Waals surface area (Å²) in [5.74, 6) is 0.806. The lowest BCUT2D eigenvalue weighted by Crippen LogP contribution is -2.32. The van der Waals surface area contributed by atoms with Gasteiger partial charge in [-0.2, -0.15) is 0 Å². The summed E-state index contributed by atoms with van der Waals surface area (Å²) < 4.78 is 19.3. The summed E-state index contributed by atoms with van der Waals surface area (Å²) in [7, 11) is 0. The first-order valence-electron chi connectivity index (χ1n) is 7.49. The summed E-state index contributed by atoms with van der Waals surface area (Å²) in [6, 6.07) is 15.1. The Morgan fingerprint density at radius 3 is 2.86 bits per heavy atom. The van der Waals surface area contributed by atoms with Crippen molar-refractivity contribution >= 4 is 0 Å². The lowest BCUT2D eigenvalue weighted by atomic mass is 10.0.